The van der Waals surface area contributed by atoms with Gasteiger partial charge in [0.2, 0.25) is 0 Å². The zero-order valence-electron chi connectivity index (χ0n) is 38.0. The molecule has 6 aromatic rings. The number of hydrogen-bond acceptors (Lipinski definition) is 2. The Bertz CT molecular complexity index is 2630. The average molecular weight is 931 g/mol. The maximum absolute atomic E-state index is 9.05. The van der Waals surface area contributed by atoms with Crippen LogP contribution in [0, 0.1) is 41.5 Å². The Kier molecular flexibility index (Phi) is 10.7. The first kappa shape index (κ1) is 43.3. The number of aryl methyl sites for hydroxylation is 6. The number of halogens is 2. The fourth-order valence-electron chi connectivity index (χ4n) is 9.90. The van der Waals surface area contributed by atoms with Crippen LogP contribution in [0.2, 0.25) is 13.1 Å². The molecular formula is C54H60Cl2O2SiZr. The number of benzene rings is 4. The van der Waals surface area contributed by atoms with E-state index in [1.165, 1.54) is 66.8 Å². The molecule has 2 aliphatic carbocycles. The van der Waals surface area contributed by atoms with Gasteiger partial charge in [0.25, 0.3) is 0 Å². The van der Waals surface area contributed by atoms with Crippen LogP contribution in [-0.4, -0.2) is 5.43 Å². The van der Waals surface area contributed by atoms with E-state index in [9.17, 15) is 0 Å². The van der Waals surface area contributed by atoms with Crippen molar-refractivity contribution in [3.05, 3.63) is 164 Å². The van der Waals surface area contributed by atoms with Gasteiger partial charge in [0.15, 0.2) is 0 Å². The molecule has 60 heavy (non-hydrogen) atoms. The Morgan fingerprint density at radius 3 is 1.13 bits per heavy atom. The maximum atomic E-state index is 9.05. The van der Waals surface area contributed by atoms with E-state index in [-0.39, 0.29) is 18.1 Å². The summed E-state index contributed by atoms with van der Waals surface area (Å²) in [5, 5.41) is 0. The van der Waals surface area contributed by atoms with Crippen molar-refractivity contribution < 1.29 is 23.8 Å². The van der Waals surface area contributed by atoms with Gasteiger partial charge < -0.3 is 0 Å². The van der Waals surface area contributed by atoms with Crippen LogP contribution in [0.1, 0.15) is 127 Å². The summed E-state index contributed by atoms with van der Waals surface area (Å²) in [5.74, 6) is 3.55. The van der Waals surface area contributed by atoms with Gasteiger partial charge in [-0.05, 0) is 0 Å². The number of fused-ring (bicyclic) bond motifs is 2. The molecule has 0 radical (unpaired) electrons. The van der Waals surface area contributed by atoms with Gasteiger partial charge in [0.05, 0.1) is 0 Å². The van der Waals surface area contributed by atoms with Gasteiger partial charge in [-0.25, -0.2) is 0 Å². The van der Waals surface area contributed by atoms with Gasteiger partial charge in [0.1, 0.15) is 0 Å². The molecule has 2 aromatic heterocycles. The van der Waals surface area contributed by atoms with Gasteiger partial charge in [-0.3, -0.25) is 0 Å². The molecule has 0 saturated carbocycles. The van der Waals surface area contributed by atoms with Crippen LogP contribution in [0.3, 0.4) is 0 Å². The van der Waals surface area contributed by atoms with Crippen molar-refractivity contribution in [2.75, 3.05) is 0 Å². The molecule has 310 valence electrons. The molecule has 0 amide bonds. The third-order valence-electron chi connectivity index (χ3n) is 13.8. The normalized spacial score (nSPS) is 16.8. The second-order valence-electron chi connectivity index (χ2n) is 20.1. The third kappa shape index (κ3) is 6.92. The molecule has 6 heteroatoms. The van der Waals surface area contributed by atoms with Crippen LogP contribution in [0.5, 0.6) is 0 Å². The van der Waals surface area contributed by atoms with Crippen molar-refractivity contribution in [2.45, 2.75) is 114 Å². The Balaban J connectivity index is 1.43. The Morgan fingerprint density at radius 2 is 0.850 bits per heavy atom. The van der Waals surface area contributed by atoms with E-state index < -0.39 is 20.4 Å². The average Bonchev–Trinajstić information content (AvgIpc) is 3.94. The predicted molar refractivity (Wildman–Crippen MR) is 257 cm³/mol. The predicted octanol–water partition coefficient (Wildman–Crippen LogP) is 16.8. The first-order valence-corrected chi connectivity index (χ1v) is 36.8. The summed E-state index contributed by atoms with van der Waals surface area (Å²) in [4.78, 5) is 0. The monoisotopic (exact) mass is 928 g/mol. The summed E-state index contributed by atoms with van der Waals surface area (Å²) >= 11 is -5.44. The molecule has 4 aromatic carbocycles. The minimum absolute atomic E-state index is 0.0554. The number of hydrogen-bond donors (Lipinski definition) is 0. The molecule has 0 bridgehead atoms. The van der Waals surface area contributed by atoms with Crippen LogP contribution < -0.4 is 0 Å². The zero-order valence-corrected chi connectivity index (χ0v) is 42.9. The van der Waals surface area contributed by atoms with E-state index in [2.05, 4.69) is 193 Å². The van der Waals surface area contributed by atoms with Gasteiger partial charge in [-0.15, -0.1) is 0 Å². The van der Waals surface area contributed by atoms with Crippen LogP contribution >= 0.6 is 17.0 Å². The Labute approximate surface area is 366 Å². The topological polar surface area (TPSA) is 26.3 Å². The molecule has 8 rings (SSSR count). The fourth-order valence-corrected chi connectivity index (χ4v) is 37.6. The third-order valence-corrected chi connectivity index (χ3v) is 60.1. The first-order chi connectivity index (χ1) is 28.0. The standard InChI is InChI=1S/2C26H27O.C2H6Si.2ClH.Zr/c2*1-16-7-8-20-14-21(24-13-17(2)18(3)27-24)15-23(20)25(16)19-9-11-22(12-10-19)26(4,5)6;1-3-2;;;/h2*7-15H,1-6H3;1-2H3;2*1H;/q;;;;;+2/p-2. The van der Waals surface area contributed by atoms with Crippen molar-refractivity contribution in [2.24, 2.45) is 0 Å². The van der Waals surface area contributed by atoms with Crippen LogP contribution in [0.25, 0.3) is 45.6 Å². The van der Waals surface area contributed by atoms with Gasteiger partial charge in [-0.1, -0.05) is 0 Å². The quantitative estimate of drug-likeness (QED) is 0.156. The molecule has 2 nitrogen and oxygen atoms in total. The molecule has 0 N–H and O–H groups in total. The Morgan fingerprint density at radius 1 is 0.500 bits per heavy atom. The molecule has 2 atom stereocenters. The summed E-state index contributed by atoms with van der Waals surface area (Å²) in [6, 6.07) is 32.0. The summed E-state index contributed by atoms with van der Waals surface area (Å²) in [7, 11) is 18.1. The van der Waals surface area contributed by atoms with E-state index in [4.69, 9.17) is 25.9 Å². The molecule has 0 fully saturated rings. The van der Waals surface area contributed by atoms with Gasteiger partial charge >= 0.3 is 370 Å². The zero-order chi connectivity index (χ0) is 43.5. The van der Waals surface area contributed by atoms with Gasteiger partial charge in [0, 0.05) is 0 Å². The second-order valence-corrected chi connectivity index (χ2v) is 58.9. The molecule has 2 heterocycles. The van der Waals surface area contributed by atoms with Crippen molar-refractivity contribution in [3.8, 4) is 22.3 Å². The van der Waals surface area contributed by atoms with Crippen molar-refractivity contribution in [3.63, 3.8) is 0 Å². The minimum atomic E-state index is -5.44. The van der Waals surface area contributed by atoms with Crippen LogP contribution in [0.15, 0.2) is 93.8 Å². The molecule has 2 unspecified atom stereocenters. The van der Waals surface area contributed by atoms with E-state index in [0.717, 1.165) is 45.3 Å². The second kappa shape index (κ2) is 14.9. The summed E-state index contributed by atoms with van der Waals surface area (Å²) in [5.41, 5.74) is 17.9. The summed E-state index contributed by atoms with van der Waals surface area (Å²) < 4.78 is 13.0. The van der Waals surface area contributed by atoms with Crippen LogP contribution in [-0.2, 0) is 25.8 Å². The molecular weight excluding hydrogens is 871 g/mol. The number of furan rings is 2. The van der Waals surface area contributed by atoms with Gasteiger partial charge in [-0.2, -0.15) is 0 Å². The van der Waals surface area contributed by atoms with Crippen molar-refractivity contribution >= 4 is 45.8 Å². The Hall–Kier alpha value is -3.40. The summed E-state index contributed by atoms with van der Waals surface area (Å²) in [6.07, 6.45) is 4.77. The summed E-state index contributed by atoms with van der Waals surface area (Å²) in [6.45, 7) is 31.2. The SMILES string of the molecule is Cc1cc(C2=Cc3c(ccc(C)c3-c3ccc(C(C)(C)C)cc3)[CH]2[Zr]([Cl])([Cl])([CH]2C(c3cc(C)c(C)o3)=Cc3c2ccc(C)c3-c2ccc(C(C)(C)C)cc2)=[Si](C)C)oc1C. The number of allylic oxidation sites excluding steroid dienone is 2. The molecule has 2 aliphatic rings. The van der Waals surface area contributed by atoms with E-state index in [1.54, 1.807) is 0 Å². The van der Waals surface area contributed by atoms with E-state index in [1.807, 2.05) is 0 Å². The van der Waals surface area contributed by atoms with E-state index in [0.29, 0.717) is 0 Å². The number of rotatable bonds is 6. The molecule has 0 spiro atoms. The molecule has 0 aliphatic heterocycles. The van der Waals surface area contributed by atoms with Crippen molar-refractivity contribution in [1.82, 2.24) is 0 Å². The first-order valence-electron chi connectivity index (χ1n) is 21.5. The fraction of sp³-hybridized carbons (Fsp3) is 0.333. The van der Waals surface area contributed by atoms with Crippen LogP contribution in [0.4, 0.5) is 0 Å². The van der Waals surface area contributed by atoms with E-state index >= 15 is 0 Å². The molecule has 0 saturated heterocycles. The van der Waals surface area contributed by atoms with Crippen molar-refractivity contribution in [1.29, 1.82) is 0 Å².